The average molecular weight is 353 g/mol. The normalized spacial score (nSPS) is 10.8. The summed E-state index contributed by atoms with van der Waals surface area (Å²) in [6.45, 7) is 2.94. The molecule has 1 aromatic carbocycles. The Bertz CT molecular complexity index is 825. The van der Waals surface area contributed by atoms with E-state index < -0.39 is 0 Å². The maximum Gasteiger partial charge on any atom is 0.247 e. The molecule has 0 saturated carbocycles. The lowest BCUT2D eigenvalue weighted by molar-refractivity contribution is -0.116. The second-order valence-electron chi connectivity index (χ2n) is 6.06. The van der Waals surface area contributed by atoms with E-state index in [0.717, 1.165) is 30.8 Å². The van der Waals surface area contributed by atoms with Gasteiger partial charge in [-0.15, -0.1) is 10.2 Å². The molecule has 1 N–H and O–H groups in total. The minimum Gasteiger partial charge on any atom is -0.421 e. The van der Waals surface area contributed by atoms with Gasteiger partial charge in [-0.3, -0.25) is 4.79 Å². The number of benzene rings is 1. The quantitative estimate of drug-likeness (QED) is 0.634. The second-order valence-corrected chi connectivity index (χ2v) is 6.06. The van der Waals surface area contributed by atoms with Gasteiger partial charge in [0.2, 0.25) is 17.7 Å². The Balaban J connectivity index is 1.46. The van der Waals surface area contributed by atoms with Gasteiger partial charge in [-0.25, -0.2) is 4.68 Å². The number of unbranched alkanes of at least 4 members (excludes halogenated alkanes) is 1. The highest BCUT2D eigenvalue weighted by Crippen LogP contribution is 2.18. The molecule has 0 fully saturated rings. The third-order valence-corrected chi connectivity index (χ3v) is 3.99. The van der Waals surface area contributed by atoms with Crippen LogP contribution in [0.1, 0.15) is 38.5 Å². The molecule has 0 spiro atoms. The highest BCUT2D eigenvalue weighted by Gasteiger charge is 2.10. The van der Waals surface area contributed by atoms with Crippen LogP contribution in [0.5, 0.6) is 0 Å². The summed E-state index contributed by atoms with van der Waals surface area (Å²) in [6, 6.07) is 11.5. The van der Waals surface area contributed by atoms with Crippen LogP contribution in [-0.4, -0.2) is 25.9 Å². The monoisotopic (exact) mass is 353 g/mol. The van der Waals surface area contributed by atoms with E-state index in [0.29, 0.717) is 31.0 Å². The molecule has 0 aliphatic rings. The third kappa shape index (κ3) is 4.78. The number of amides is 1. The van der Waals surface area contributed by atoms with E-state index in [1.54, 1.807) is 6.20 Å². The van der Waals surface area contributed by atoms with Gasteiger partial charge in [0, 0.05) is 31.0 Å². The molecule has 0 radical (unpaired) electrons. The van der Waals surface area contributed by atoms with Gasteiger partial charge in [0.15, 0.2) is 0 Å². The predicted octanol–water partition coefficient (Wildman–Crippen LogP) is 3.69. The van der Waals surface area contributed by atoms with Crippen molar-refractivity contribution in [1.29, 1.82) is 0 Å². The van der Waals surface area contributed by atoms with Gasteiger partial charge < -0.3 is 9.73 Å². The Kier molecular flexibility index (Phi) is 6.14. The van der Waals surface area contributed by atoms with Crippen LogP contribution in [0.2, 0.25) is 0 Å². The van der Waals surface area contributed by atoms with Crippen molar-refractivity contribution in [3.05, 3.63) is 48.5 Å². The van der Waals surface area contributed by atoms with Crippen LogP contribution in [0.15, 0.2) is 47.0 Å². The van der Waals surface area contributed by atoms with Crippen LogP contribution in [-0.2, 0) is 17.8 Å². The molecule has 0 aliphatic heterocycles. The lowest BCUT2D eigenvalue weighted by Crippen LogP contribution is -2.15. The summed E-state index contributed by atoms with van der Waals surface area (Å²) in [7, 11) is 0. The van der Waals surface area contributed by atoms with Crippen LogP contribution in [0.4, 0.5) is 5.82 Å². The molecule has 0 unspecified atom stereocenters. The molecule has 26 heavy (non-hydrogen) atoms. The lowest BCUT2D eigenvalue weighted by atomic mass is 10.2. The van der Waals surface area contributed by atoms with Gasteiger partial charge in [-0.2, -0.15) is 5.10 Å². The lowest BCUT2D eigenvalue weighted by Gasteiger charge is -2.08. The van der Waals surface area contributed by atoms with Crippen molar-refractivity contribution >= 4 is 11.7 Å². The molecule has 3 rings (SSSR count). The summed E-state index contributed by atoms with van der Waals surface area (Å²) in [6.07, 6.45) is 5.43. The van der Waals surface area contributed by atoms with Crippen molar-refractivity contribution in [3.63, 3.8) is 0 Å². The Morgan fingerprint density at radius 1 is 1.15 bits per heavy atom. The minimum absolute atomic E-state index is 0.0361. The van der Waals surface area contributed by atoms with E-state index in [-0.39, 0.29) is 5.91 Å². The van der Waals surface area contributed by atoms with Crippen molar-refractivity contribution in [2.75, 3.05) is 5.32 Å². The maximum absolute atomic E-state index is 12.1. The number of aryl methyl sites for hydroxylation is 2. The molecule has 2 aromatic heterocycles. The summed E-state index contributed by atoms with van der Waals surface area (Å²) < 4.78 is 7.48. The fourth-order valence-electron chi connectivity index (χ4n) is 2.58. The maximum atomic E-state index is 12.1. The molecule has 0 aliphatic carbocycles. The summed E-state index contributed by atoms with van der Waals surface area (Å²) in [4.78, 5) is 12.1. The number of carbonyl (C=O) groups is 1. The van der Waals surface area contributed by atoms with Gasteiger partial charge in [-0.1, -0.05) is 31.5 Å². The van der Waals surface area contributed by atoms with Crippen LogP contribution in [0.3, 0.4) is 0 Å². The zero-order chi connectivity index (χ0) is 18.2. The summed E-state index contributed by atoms with van der Waals surface area (Å²) in [5, 5.41) is 15.3. The Morgan fingerprint density at radius 3 is 2.81 bits per heavy atom. The van der Waals surface area contributed by atoms with E-state index >= 15 is 0 Å². The van der Waals surface area contributed by atoms with Crippen molar-refractivity contribution in [2.24, 2.45) is 0 Å². The first-order chi connectivity index (χ1) is 12.8. The number of carbonyl (C=O) groups excluding carboxylic acids is 1. The minimum atomic E-state index is -0.0361. The number of nitrogens with zero attached hydrogens (tertiary/aromatic N) is 4. The Hall–Kier alpha value is -2.96. The van der Waals surface area contributed by atoms with Crippen molar-refractivity contribution in [1.82, 2.24) is 20.0 Å². The van der Waals surface area contributed by atoms with Crippen molar-refractivity contribution in [2.45, 2.75) is 45.6 Å². The first kappa shape index (κ1) is 17.8. The Labute approximate surface area is 152 Å². The fraction of sp³-hybridized carbons (Fsp3) is 0.368. The van der Waals surface area contributed by atoms with Crippen molar-refractivity contribution < 1.29 is 9.21 Å². The fourth-order valence-corrected chi connectivity index (χ4v) is 2.58. The number of anilines is 1. The van der Waals surface area contributed by atoms with E-state index in [9.17, 15) is 4.79 Å². The molecule has 2 heterocycles. The molecule has 7 nitrogen and oxygen atoms in total. The number of hydrogen-bond acceptors (Lipinski definition) is 5. The zero-order valence-electron chi connectivity index (χ0n) is 14.9. The molecule has 1 amide bonds. The topological polar surface area (TPSA) is 85.8 Å². The van der Waals surface area contributed by atoms with E-state index in [4.69, 9.17) is 4.42 Å². The van der Waals surface area contributed by atoms with Crippen LogP contribution in [0.25, 0.3) is 11.5 Å². The number of hydrogen-bond donors (Lipinski definition) is 1. The van der Waals surface area contributed by atoms with Gasteiger partial charge in [0.25, 0.3) is 0 Å². The molecule has 3 aromatic rings. The summed E-state index contributed by atoms with van der Waals surface area (Å²) >= 11 is 0. The third-order valence-electron chi connectivity index (χ3n) is 3.99. The van der Waals surface area contributed by atoms with E-state index in [2.05, 4.69) is 27.5 Å². The van der Waals surface area contributed by atoms with Crippen LogP contribution in [0, 0.1) is 0 Å². The van der Waals surface area contributed by atoms with Crippen LogP contribution < -0.4 is 5.32 Å². The molecule has 0 saturated heterocycles. The molecule has 0 bridgehead atoms. The molecular formula is C19H23N5O2. The predicted molar refractivity (Wildman–Crippen MR) is 98.4 cm³/mol. The second kappa shape index (κ2) is 8.94. The van der Waals surface area contributed by atoms with Gasteiger partial charge in [0.05, 0.1) is 6.20 Å². The molecule has 0 atom stereocenters. The highest BCUT2D eigenvalue weighted by molar-refractivity contribution is 5.89. The molecule has 136 valence electrons. The molecule has 7 heteroatoms. The Morgan fingerprint density at radius 2 is 2.00 bits per heavy atom. The molecular weight excluding hydrogens is 330 g/mol. The number of aromatic nitrogens is 4. The first-order valence-corrected chi connectivity index (χ1v) is 8.95. The summed E-state index contributed by atoms with van der Waals surface area (Å²) in [5.74, 6) is 1.76. The standard InChI is InChI=1S/C19H23N5O2/c1-2-3-14-24-16(12-13-20-24)21-17(25)10-7-11-18-22-23-19(26-18)15-8-5-4-6-9-15/h4-6,8-9,12-13H,2-3,7,10-11,14H2,1H3,(H,21,25). The first-order valence-electron chi connectivity index (χ1n) is 8.95. The number of nitrogens with one attached hydrogen (secondary N) is 1. The SMILES string of the molecule is CCCCn1nccc1NC(=O)CCCc1nnc(-c2ccccc2)o1. The summed E-state index contributed by atoms with van der Waals surface area (Å²) in [5.41, 5.74) is 0.893. The van der Waals surface area contributed by atoms with E-state index in [1.807, 2.05) is 41.1 Å². The largest absolute Gasteiger partial charge is 0.421 e. The van der Waals surface area contributed by atoms with Crippen LogP contribution >= 0.6 is 0 Å². The number of rotatable bonds is 9. The average Bonchev–Trinajstić information content (AvgIpc) is 3.30. The van der Waals surface area contributed by atoms with Gasteiger partial charge >= 0.3 is 0 Å². The van der Waals surface area contributed by atoms with E-state index in [1.165, 1.54) is 0 Å². The van der Waals surface area contributed by atoms with Gasteiger partial charge in [-0.05, 0) is 25.0 Å². The highest BCUT2D eigenvalue weighted by atomic mass is 16.4. The van der Waals surface area contributed by atoms with Gasteiger partial charge in [0.1, 0.15) is 5.82 Å². The zero-order valence-corrected chi connectivity index (χ0v) is 14.9. The van der Waals surface area contributed by atoms with Crippen molar-refractivity contribution in [3.8, 4) is 11.5 Å². The smallest absolute Gasteiger partial charge is 0.247 e.